The molecule has 206 valence electrons. The number of carbonyl (C=O) groups is 3. The van der Waals surface area contributed by atoms with Crippen LogP contribution in [-0.4, -0.2) is 52.2 Å². The van der Waals surface area contributed by atoms with Crippen molar-refractivity contribution in [1.29, 1.82) is 0 Å². The maximum Gasteiger partial charge on any atom is 0.303 e. The Morgan fingerprint density at radius 2 is 1.87 bits per heavy atom. The number of allylic oxidation sites excluding steroid dienone is 2. The number of benzene rings is 1. The van der Waals surface area contributed by atoms with Gasteiger partial charge in [0, 0.05) is 24.4 Å². The number of unbranched alkanes of at least 4 members (excludes halogenated alkanes) is 2. The van der Waals surface area contributed by atoms with Crippen molar-refractivity contribution in [3.63, 3.8) is 0 Å². The number of phenolic OH excluding ortho intramolecular Hbond substituents is 1. The molecule has 0 bridgehead atoms. The minimum absolute atomic E-state index is 0.0585. The lowest BCUT2D eigenvalue weighted by molar-refractivity contribution is -0.141. The van der Waals surface area contributed by atoms with Crippen molar-refractivity contribution < 1.29 is 29.3 Å². The number of imide groups is 1. The summed E-state index contributed by atoms with van der Waals surface area (Å²) in [6.07, 6.45) is 7.11. The third-order valence-corrected chi connectivity index (χ3v) is 8.48. The molecule has 3 aliphatic rings. The molecule has 0 radical (unpaired) electrons. The van der Waals surface area contributed by atoms with E-state index < -0.39 is 5.97 Å². The highest BCUT2D eigenvalue weighted by Crippen LogP contribution is 2.51. The Balaban J connectivity index is 1.47. The van der Waals surface area contributed by atoms with Gasteiger partial charge < -0.3 is 14.9 Å². The monoisotopic (exact) mass is 523 g/mol. The number of nitrogens with zero attached hydrogens (tertiary/aromatic N) is 1. The van der Waals surface area contributed by atoms with E-state index in [-0.39, 0.29) is 53.8 Å². The number of carboxylic acid groups (broad SMARTS) is 1. The van der Waals surface area contributed by atoms with Crippen molar-refractivity contribution in [3.8, 4) is 5.75 Å². The molecule has 2 aliphatic heterocycles. The molecule has 4 atom stereocenters. The van der Waals surface area contributed by atoms with Gasteiger partial charge >= 0.3 is 5.97 Å². The lowest BCUT2D eigenvalue weighted by Crippen LogP contribution is -2.35. The van der Waals surface area contributed by atoms with Crippen LogP contribution in [0, 0.1) is 23.7 Å². The normalized spacial score (nSPS) is 25.4. The summed E-state index contributed by atoms with van der Waals surface area (Å²) >= 11 is 0. The Labute approximate surface area is 225 Å². The quantitative estimate of drug-likeness (QED) is 0.210. The average molecular weight is 524 g/mol. The van der Waals surface area contributed by atoms with E-state index in [0.717, 1.165) is 24.8 Å². The maximum atomic E-state index is 13.5. The third kappa shape index (κ3) is 5.88. The summed E-state index contributed by atoms with van der Waals surface area (Å²) < 4.78 is 6.34. The van der Waals surface area contributed by atoms with Crippen LogP contribution in [0.15, 0.2) is 41.0 Å². The summed E-state index contributed by atoms with van der Waals surface area (Å²) in [6, 6.07) is 7.34. The van der Waals surface area contributed by atoms with Gasteiger partial charge in [0.05, 0.1) is 24.5 Å². The molecule has 1 aliphatic carbocycles. The zero-order valence-corrected chi connectivity index (χ0v) is 22.8. The molecule has 0 unspecified atom stereocenters. The van der Waals surface area contributed by atoms with Crippen LogP contribution >= 0.6 is 0 Å². The molecule has 1 aromatic rings. The molecule has 0 saturated carbocycles. The fourth-order valence-electron chi connectivity index (χ4n) is 6.46. The predicted molar refractivity (Wildman–Crippen MR) is 145 cm³/mol. The van der Waals surface area contributed by atoms with Crippen molar-refractivity contribution in [2.24, 2.45) is 23.7 Å². The molecule has 1 aromatic carbocycles. The Kier molecular flexibility index (Phi) is 9.08. The van der Waals surface area contributed by atoms with E-state index >= 15 is 0 Å². The lowest BCUT2D eigenvalue weighted by Gasteiger charge is -2.33. The van der Waals surface area contributed by atoms with Crippen LogP contribution in [0.3, 0.4) is 0 Å². The minimum Gasteiger partial charge on any atom is -0.507 e. The Morgan fingerprint density at radius 3 is 2.55 bits per heavy atom. The summed E-state index contributed by atoms with van der Waals surface area (Å²) in [5.74, 6) is -1.16. The molecule has 4 rings (SSSR count). The van der Waals surface area contributed by atoms with Crippen LogP contribution in [0.2, 0.25) is 0 Å². The van der Waals surface area contributed by atoms with Crippen molar-refractivity contribution >= 4 is 23.9 Å². The molecular formula is C31H41NO6. The van der Waals surface area contributed by atoms with Gasteiger partial charge in [-0.2, -0.15) is 0 Å². The first-order valence-corrected chi connectivity index (χ1v) is 14.1. The molecule has 2 N–H and O–H groups in total. The van der Waals surface area contributed by atoms with Crippen molar-refractivity contribution in [3.05, 3.63) is 46.5 Å². The Hall–Kier alpha value is -2.93. The van der Waals surface area contributed by atoms with E-state index in [1.54, 1.807) is 6.07 Å². The number of rotatable bonds is 12. The molecule has 0 spiro atoms. The largest absolute Gasteiger partial charge is 0.507 e. The van der Waals surface area contributed by atoms with E-state index in [9.17, 15) is 19.5 Å². The first kappa shape index (κ1) is 28.1. The number of ether oxygens (including phenoxy) is 1. The van der Waals surface area contributed by atoms with Gasteiger partial charge in [0.2, 0.25) is 11.8 Å². The van der Waals surface area contributed by atoms with Crippen LogP contribution in [0.4, 0.5) is 0 Å². The summed E-state index contributed by atoms with van der Waals surface area (Å²) in [5, 5.41) is 19.0. The molecule has 2 heterocycles. The molecular weight excluding hydrogens is 482 g/mol. The minimum atomic E-state index is -0.820. The third-order valence-electron chi connectivity index (χ3n) is 8.48. The maximum absolute atomic E-state index is 13.5. The number of phenols is 1. The van der Waals surface area contributed by atoms with E-state index in [1.165, 1.54) is 21.6 Å². The van der Waals surface area contributed by atoms with Gasteiger partial charge in [-0.15, -0.1) is 0 Å². The predicted octanol–water partition coefficient (Wildman–Crippen LogP) is 5.58. The Bertz CT molecular complexity index is 1120. The number of fused-ring (bicyclic) bond motifs is 3. The van der Waals surface area contributed by atoms with E-state index in [4.69, 9.17) is 9.84 Å². The number of hydrogen-bond donors (Lipinski definition) is 2. The van der Waals surface area contributed by atoms with E-state index in [2.05, 4.69) is 26.8 Å². The van der Waals surface area contributed by atoms with Crippen LogP contribution in [0.1, 0.15) is 77.7 Å². The number of hydrogen-bond acceptors (Lipinski definition) is 5. The standard InChI is InChI=1S/C31H41NO6/c1-4-20(16-21-10-7-8-11-25(21)33)13-14-26-28-22(19(2)3)17-23-29(24(28)18-38-26)31(37)32(30(23)36)15-9-5-6-12-27(34)35/h7-8,10-11,16,19,23-24,26,29,33H,4-6,9,12-15,17-18H2,1-3H3,(H,34,35)/b20-16+/t23-,24+,26-,29-/m1/s1. The van der Waals surface area contributed by atoms with Gasteiger partial charge in [-0.25, -0.2) is 0 Å². The molecule has 2 fully saturated rings. The van der Waals surface area contributed by atoms with Crippen LogP contribution in [0.5, 0.6) is 5.75 Å². The zero-order valence-electron chi connectivity index (χ0n) is 22.8. The van der Waals surface area contributed by atoms with Gasteiger partial charge in [-0.3, -0.25) is 19.3 Å². The average Bonchev–Trinajstić information content (AvgIpc) is 3.41. The number of amides is 2. The zero-order chi connectivity index (χ0) is 27.4. The summed E-state index contributed by atoms with van der Waals surface area (Å²) in [6.45, 7) is 7.27. The highest BCUT2D eigenvalue weighted by molar-refractivity contribution is 6.06. The van der Waals surface area contributed by atoms with Crippen LogP contribution in [0.25, 0.3) is 6.08 Å². The number of aliphatic carboxylic acids is 1. The van der Waals surface area contributed by atoms with Crippen LogP contribution < -0.4 is 0 Å². The second kappa shape index (κ2) is 12.3. The topological polar surface area (TPSA) is 104 Å². The van der Waals surface area contributed by atoms with Gasteiger partial charge in [-0.05, 0) is 56.1 Å². The summed E-state index contributed by atoms with van der Waals surface area (Å²) in [4.78, 5) is 39.0. The SMILES string of the molecule is CC/C(=C\c1ccccc1O)CC[C@H]1OC[C@H]2C1=C(C(C)C)C[C@H]1C(=O)N(CCCCCC(=O)O)C(=O)[C@H]12. The lowest BCUT2D eigenvalue weighted by atomic mass is 9.67. The smallest absolute Gasteiger partial charge is 0.303 e. The highest BCUT2D eigenvalue weighted by atomic mass is 16.5. The van der Waals surface area contributed by atoms with Gasteiger partial charge in [-0.1, -0.05) is 62.6 Å². The fourth-order valence-corrected chi connectivity index (χ4v) is 6.46. The molecule has 2 amide bonds. The number of carbonyl (C=O) groups excluding carboxylic acids is 2. The number of para-hydroxylation sites is 1. The second-order valence-corrected chi connectivity index (χ2v) is 11.2. The van der Waals surface area contributed by atoms with E-state index in [0.29, 0.717) is 38.8 Å². The molecule has 38 heavy (non-hydrogen) atoms. The van der Waals surface area contributed by atoms with Gasteiger partial charge in [0.1, 0.15) is 5.75 Å². The van der Waals surface area contributed by atoms with Crippen molar-refractivity contribution in [2.75, 3.05) is 13.2 Å². The van der Waals surface area contributed by atoms with Gasteiger partial charge in [0.25, 0.3) is 0 Å². The highest BCUT2D eigenvalue weighted by Gasteiger charge is 2.56. The van der Waals surface area contributed by atoms with Crippen molar-refractivity contribution in [2.45, 2.75) is 78.2 Å². The van der Waals surface area contributed by atoms with Gasteiger partial charge in [0.15, 0.2) is 0 Å². The molecule has 0 aromatic heterocycles. The number of likely N-dealkylation sites (tertiary alicyclic amines) is 1. The van der Waals surface area contributed by atoms with Crippen LogP contribution in [-0.2, 0) is 19.1 Å². The number of aromatic hydroxyl groups is 1. The Morgan fingerprint density at radius 1 is 1.11 bits per heavy atom. The molecule has 7 heteroatoms. The van der Waals surface area contributed by atoms with Crippen molar-refractivity contribution in [1.82, 2.24) is 4.90 Å². The fraction of sp³-hybridized carbons (Fsp3) is 0.581. The summed E-state index contributed by atoms with van der Waals surface area (Å²) in [7, 11) is 0. The summed E-state index contributed by atoms with van der Waals surface area (Å²) in [5.41, 5.74) is 4.56. The first-order valence-electron chi connectivity index (χ1n) is 14.1. The molecule has 7 nitrogen and oxygen atoms in total. The second-order valence-electron chi connectivity index (χ2n) is 11.2. The first-order chi connectivity index (χ1) is 18.2. The molecule has 2 saturated heterocycles. The number of carboxylic acids is 1. The van der Waals surface area contributed by atoms with E-state index in [1.807, 2.05) is 18.2 Å².